The van der Waals surface area contributed by atoms with Crippen molar-refractivity contribution in [2.75, 3.05) is 13.7 Å². The highest BCUT2D eigenvalue weighted by atomic mass is 16.5. The zero-order valence-corrected chi connectivity index (χ0v) is 7.82. The summed E-state index contributed by atoms with van der Waals surface area (Å²) in [6.45, 7) is 9.63. The van der Waals surface area contributed by atoms with Crippen molar-refractivity contribution in [2.24, 2.45) is 5.41 Å². The fraction of sp³-hybridized carbons (Fsp3) is 0.889. The second-order valence-corrected chi connectivity index (χ2v) is 3.98. The number of rotatable bonds is 4. The lowest BCUT2D eigenvalue weighted by molar-refractivity contribution is 0.101. The summed E-state index contributed by atoms with van der Waals surface area (Å²) >= 11 is 0. The minimum absolute atomic E-state index is 0.313. The van der Waals surface area contributed by atoms with Crippen molar-refractivity contribution < 1.29 is 4.74 Å². The third kappa shape index (κ3) is 4.80. The van der Waals surface area contributed by atoms with Crippen LogP contribution in [-0.2, 0) is 4.74 Å². The van der Waals surface area contributed by atoms with Crippen molar-refractivity contribution in [1.82, 2.24) is 0 Å². The van der Waals surface area contributed by atoms with Crippen LogP contribution >= 0.6 is 0 Å². The number of hydrogen-bond donors (Lipinski definition) is 0. The van der Waals surface area contributed by atoms with Gasteiger partial charge in [-0.3, -0.25) is 0 Å². The summed E-state index contributed by atoms with van der Waals surface area (Å²) in [6.07, 6.45) is 1.15. The highest BCUT2D eigenvalue weighted by molar-refractivity contribution is 4.85. The normalized spacial score (nSPS) is 12.6. The molecular weight excluding hydrogens is 124 g/mol. The van der Waals surface area contributed by atoms with Gasteiger partial charge >= 0.3 is 0 Å². The fourth-order valence-electron chi connectivity index (χ4n) is 1.40. The standard InChI is InChI=1S/C9H19O/c1-8(2)6-9(3,4)7-10-5/h6-7H2,1-5H3. The average Bonchev–Trinajstić information content (AvgIpc) is 1.59. The van der Waals surface area contributed by atoms with Crippen LogP contribution in [0.1, 0.15) is 34.1 Å². The maximum atomic E-state index is 5.09. The molecule has 0 rings (SSSR count). The number of hydrogen-bond acceptors (Lipinski definition) is 1. The lowest BCUT2D eigenvalue weighted by Gasteiger charge is -2.25. The smallest absolute Gasteiger partial charge is 0.0513 e. The molecule has 0 unspecified atom stereocenters. The van der Waals surface area contributed by atoms with Crippen LogP contribution in [0.15, 0.2) is 0 Å². The van der Waals surface area contributed by atoms with E-state index in [4.69, 9.17) is 4.74 Å². The van der Waals surface area contributed by atoms with Crippen LogP contribution in [0, 0.1) is 11.3 Å². The summed E-state index contributed by atoms with van der Waals surface area (Å²) in [5, 5.41) is 0. The summed E-state index contributed by atoms with van der Waals surface area (Å²) in [5.41, 5.74) is 0.313. The Kier molecular flexibility index (Phi) is 3.95. The number of methoxy groups -OCH3 is 1. The Morgan fingerprint density at radius 1 is 1.30 bits per heavy atom. The van der Waals surface area contributed by atoms with Gasteiger partial charge in [-0.05, 0) is 17.8 Å². The lowest BCUT2D eigenvalue weighted by Crippen LogP contribution is -2.19. The van der Waals surface area contributed by atoms with Gasteiger partial charge in [0.25, 0.3) is 0 Å². The van der Waals surface area contributed by atoms with E-state index in [0.29, 0.717) is 5.41 Å². The van der Waals surface area contributed by atoms with Crippen molar-refractivity contribution in [2.45, 2.75) is 34.1 Å². The first-order valence-corrected chi connectivity index (χ1v) is 3.76. The first-order chi connectivity index (χ1) is 4.48. The molecule has 0 aliphatic heterocycles. The lowest BCUT2D eigenvalue weighted by atomic mass is 9.85. The van der Waals surface area contributed by atoms with Crippen LogP contribution in [0.5, 0.6) is 0 Å². The molecule has 0 aromatic heterocycles. The predicted molar refractivity (Wildman–Crippen MR) is 44.9 cm³/mol. The molecule has 61 valence electrons. The molecule has 1 radical (unpaired) electrons. The molecule has 0 atom stereocenters. The summed E-state index contributed by atoms with van der Waals surface area (Å²) in [4.78, 5) is 0. The van der Waals surface area contributed by atoms with E-state index in [1.54, 1.807) is 7.11 Å². The van der Waals surface area contributed by atoms with Gasteiger partial charge in [0.1, 0.15) is 0 Å². The maximum Gasteiger partial charge on any atom is 0.0513 e. The van der Waals surface area contributed by atoms with Crippen LogP contribution < -0.4 is 0 Å². The van der Waals surface area contributed by atoms with Gasteiger partial charge in [-0.15, -0.1) is 0 Å². The van der Waals surface area contributed by atoms with Crippen LogP contribution in [0.2, 0.25) is 0 Å². The third-order valence-corrected chi connectivity index (χ3v) is 1.37. The third-order valence-electron chi connectivity index (χ3n) is 1.37. The molecule has 0 aromatic carbocycles. The first-order valence-electron chi connectivity index (χ1n) is 3.76. The Bertz CT molecular complexity index is 84.7. The van der Waals surface area contributed by atoms with Crippen molar-refractivity contribution in [3.8, 4) is 0 Å². The molecule has 0 aliphatic rings. The van der Waals surface area contributed by atoms with E-state index in [-0.39, 0.29) is 0 Å². The molecular formula is C9H19O. The van der Waals surface area contributed by atoms with E-state index in [1.165, 1.54) is 5.92 Å². The zero-order valence-electron chi connectivity index (χ0n) is 7.82. The van der Waals surface area contributed by atoms with Gasteiger partial charge in [-0.2, -0.15) is 0 Å². The second kappa shape index (κ2) is 3.97. The van der Waals surface area contributed by atoms with Crippen molar-refractivity contribution in [3.63, 3.8) is 0 Å². The Balaban J connectivity index is 3.63. The van der Waals surface area contributed by atoms with Crippen LogP contribution in [-0.4, -0.2) is 13.7 Å². The van der Waals surface area contributed by atoms with Gasteiger partial charge in [0.15, 0.2) is 0 Å². The van der Waals surface area contributed by atoms with Crippen molar-refractivity contribution >= 4 is 0 Å². The van der Waals surface area contributed by atoms with Gasteiger partial charge in [-0.25, -0.2) is 0 Å². The van der Waals surface area contributed by atoms with E-state index in [2.05, 4.69) is 27.7 Å². The first kappa shape index (κ1) is 9.96. The molecule has 1 nitrogen and oxygen atoms in total. The summed E-state index contributed by atoms with van der Waals surface area (Å²) in [7, 11) is 1.76. The molecule has 1 heteroatoms. The SMILES string of the molecule is COCC(C)(C)C[C](C)C. The van der Waals surface area contributed by atoms with E-state index in [9.17, 15) is 0 Å². The van der Waals surface area contributed by atoms with E-state index >= 15 is 0 Å². The molecule has 0 saturated carbocycles. The number of ether oxygens (including phenoxy) is 1. The molecule has 0 fully saturated rings. The topological polar surface area (TPSA) is 9.23 Å². The highest BCUT2D eigenvalue weighted by Gasteiger charge is 2.18. The maximum absolute atomic E-state index is 5.09. The zero-order chi connectivity index (χ0) is 8.20. The monoisotopic (exact) mass is 143 g/mol. The Labute approximate surface area is 64.8 Å². The second-order valence-electron chi connectivity index (χ2n) is 3.98. The van der Waals surface area contributed by atoms with E-state index < -0.39 is 0 Å². The molecule has 10 heavy (non-hydrogen) atoms. The van der Waals surface area contributed by atoms with Gasteiger partial charge in [0.2, 0.25) is 0 Å². The molecule has 0 heterocycles. The fourth-order valence-corrected chi connectivity index (χ4v) is 1.40. The molecule has 0 N–H and O–H groups in total. The van der Waals surface area contributed by atoms with E-state index in [0.717, 1.165) is 13.0 Å². The largest absolute Gasteiger partial charge is 0.384 e. The van der Waals surface area contributed by atoms with Crippen LogP contribution in [0.3, 0.4) is 0 Å². The van der Waals surface area contributed by atoms with Gasteiger partial charge < -0.3 is 4.74 Å². The molecule has 0 spiro atoms. The van der Waals surface area contributed by atoms with Crippen LogP contribution in [0.25, 0.3) is 0 Å². The minimum atomic E-state index is 0.313. The summed E-state index contributed by atoms with van der Waals surface area (Å²) in [6, 6.07) is 0. The van der Waals surface area contributed by atoms with Gasteiger partial charge in [0.05, 0.1) is 6.61 Å². The highest BCUT2D eigenvalue weighted by Crippen LogP contribution is 2.25. The van der Waals surface area contributed by atoms with Gasteiger partial charge in [-0.1, -0.05) is 27.7 Å². The van der Waals surface area contributed by atoms with Crippen molar-refractivity contribution in [3.05, 3.63) is 5.92 Å². The quantitative estimate of drug-likeness (QED) is 0.588. The summed E-state index contributed by atoms with van der Waals surface area (Å²) in [5.74, 6) is 1.47. The predicted octanol–water partition coefficient (Wildman–Crippen LogP) is 2.66. The van der Waals surface area contributed by atoms with Crippen molar-refractivity contribution in [1.29, 1.82) is 0 Å². The molecule has 0 bridgehead atoms. The van der Waals surface area contributed by atoms with Crippen LogP contribution in [0.4, 0.5) is 0 Å². The minimum Gasteiger partial charge on any atom is -0.384 e. The molecule has 0 aromatic rings. The summed E-state index contributed by atoms with van der Waals surface area (Å²) < 4.78 is 5.09. The van der Waals surface area contributed by atoms with E-state index in [1.807, 2.05) is 0 Å². The average molecular weight is 143 g/mol. The molecule has 0 aliphatic carbocycles. The molecule has 0 saturated heterocycles. The Morgan fingerprint density at radius 3 is 2.10 bits per heavy atom. The molecule has 0 amide bonds. The Hall–Kier alpha value is -0.0400. The Morgan fingerprint density at radius 2 is 1.80 bits per heavy atom. The van der Waals surface area contributed by atoms with Gasteiger partial charge in [0, 0.05) is 7.11 Å².